The van der Waals surface area contributed by atoms with Crippen molar-refractivity contribution in [1.82, 2.24) is 24.4 Å². The summed E-state index contributed by atoms with van der Waals surface area (Å²) in [6.45, 7) is -0.123. The fraction of sp³-hybridized carbons (Fsp3) is 0.250. The molecule has 0 radical (unpaired) electrons. The number of nitrogens with two attached hydrogens (primary N) is 1. The van der Waals surface area contributed by atoms with Gasteiger partial charge in [0.15, 0.2) is 0 Å². The summed E-state index contributed by atoms with van der Waals surface area (Å²) in [6, 6.07) is 9.42. The summed E-state index contributed by atoms with van der Waals surface area (Å²) in [7, 11) is 0. The van der Waals surface area contributed by atoms with Crippen LogP contribution in [0, 0.1) is 5.92 Å². The van der Waals surface area contributed by atoms with E-state index >= 15 is 0 Å². The number of amides is 2. The molecule has 0 unspecified atom stereocenters. The Morgan fingerprint density at radius 2 is 1.92 bits per heavy atom. The molecule has 36 heavy (non-hydrogen) atoms. The lowest BCUT2D eigenvalue weighted by Crippen LogP contribution is -2.46. The molecule has 12 heteroatoms. The van der Waals surface area contributed by atoms with Gasteiger partial charge in [-0.3, -0.25) is 9.59 Å². The molecule has 2 amide bonds. The number of rotatable bonds is 5. The molecule has 11 nitrogen and oxygen atoms in total. The molecule has 0 spiro atoms. The highest BCUT2D eigenvalue weighted by molar-refractivity contribution is 9.10. The van der Waals surface area contributed by atoms with Gasteiger partial charge in [0.1, 0.15) is 40.8 Å². The highest BCUT2D eigenvalue weighted by Crippen LogP contribution is 2.48. The Morgan fingerprint density at radius 1 is 1.11 bits per heavy atom. The second-order valence-electron chi connectivity index (χ2n) is 9.00. The largest absolute Gasteiger partial charge is 0.478 e. The van der Waals surface area contributed by atoms with Crippen molar-refractivity contribution < 1.29 is 19.5 Å². The van der Waals surface area contributed by atoms with Crippen LogP contribution in [0.3, 0.4) is 0 Å². The maximum absolute atomic E-state index is 13.7. The number of aromatic nitrogens is 4. The van der Waals surface area contributed by atoms with Gasteiger partial charge in [0, 0.05) is 11.4 Å². The second kappa shape index (κ2) is 8.26. The van der Waals surface area contributed by atoms with E-state index in [9.17, 15) is 19.5 Å². The molecule has 3 aromatic heterocycles. The minimum atomic E-state index is -1.12. The first-order chi connectivity index (χ1) is 17.3. The number of carboxylic acids is 1. The van der Waals surface area contributed by atoms with Crippen LogP contribution >= 0.6 is 15.9 Å². The fourth-order valence-electron chi connectivity index (χ4n) is 5.27. The highest BCUT2D eigenvalue weighted by atomic mass is 79.9. The summed E-state index contributed by atoms with van der Waals surface area (Å²) >= 11 is 3.29. The molecule has 4 N–H and O–H groups in total. The van der Waals surface area contributed by atoms with E-state index < -0.39 is 12.0 Å². The highest BCUT2D eigenvalue weighted by Gasteiger charge is 2.56. The smallest absolute Gasteiger partial charge is 0.336 e. The lowest BCUT2D eigenvalue weighted by molar-refractivity contribution is -0.138. The molecule has 3 atom stereocenters. The Morgan fingerprint density at radius 3 is 2.69 bits per heavy atom. The molecule has 1 aliphatic heterocycles. The number of nitrogens with zero attached hydrogens (tertiary/aromatic N) is 5. The van der Waals surface area contributed by atoms with Crippen molar-refractivity contribution in [2.45, 2.75) is 31.5 Å². The van der Waals surface area contributed by atoms with E-state index in [-0.39, 0.29) is 41.7 Å². The van der Waals surface area contributed by atoms with Crippen LogP contribution in [0.1, 0.15) is 23.2 Å². The monoisotopic (exact) mass is 549 g/mol. The van der Waals surface area contributed by atoms with Gasteiger partial charge >= 0.3 is 5.97 Å². The van der Waals surface area contributed by atoms with Gasteiger partial charge in [-0.25, -0.2) is 19.7 Å². The Balaban J connectivity index is 1.36. The summed E-state index contributed by atoms with van der Waals surface area (Å²) in [5, 5.41) is 13.3. The predicted molar refractivity (Wildman–Crippen MR) is 134 cm³/mol. The summed E-state index contributed by atoms with van der Waals surface area (Å²) in [5.74, 6) is -0.838. The third-order valence-electron chi connectivity index (χ3n) is 6.88. The van der Waals surface area contributed by atoms with Crippen LogP contribution < -0.4 is 11.1 Å². The quantitative estimate of drug-likeness (QED) is 0.320. The predicted octanol–water partition coefficient (Wildman–Crippen LogP) is 2.65. The Bertz CT molecular complexity index is 1590. The van der Waals surface area contributed by atoms with E-state index in [1.807, 2.05) is 0 Å². The first kappa shape index (κ1) is 22.4. The maximum atomic E-state index is 13.7. The number of carboxylic acid groups (broad SMARTS) is 1. The van der Waals surface area contributed by atoms with Crippen molar-refractivity contribution in [1.29, 1.82) is 0 Å². The van der Waals surface area contributed by atoms with Gasteiger partial charge in [-0.05, 0) is 59.0 Å². The van der Waals surface area contributed by atoms with Crippen LogP contribution in [-0.2, 0) is 16.1 Å². The van der Waals surface area contributed by atoms with Crippen LogP contribution in [0.2, 0.25) is 0 Å². The molecule has 1 aromatic carbocycles. The van der Waals surface area contributed by atoms with Gasteiger partial charge in [-0.15, -0.1) is 0 Å². The van der Waals surface area contributed by atoms with Crippen molar-refractivity contribution in [2.75, 3.05) is 11.1 Å². The molecule has 1 saturated heterocycles. The van der Waals surface area contributed by atoms with Crippen molar-refractivity contribution >= 4 is 67.3 Å². The topological polar surface area (TPSA) is 156 Å². The molecule has 4 heterocycles. The van der Waals surface area contributed by atoms with E-state index in [1.54, 1.807) is 39.8 Å². The average Bonchev–Trinajstić information content (AvgIpc) is 3.38. The zero-order valence-electron chi connectivity index (χ0n) is 18.8. The van der Waals surface area contributed by atoms with Crippen molar-refractivity contribution in [3.8, 4) is 0 Å². The summed E-state index contributed by atoms with van der Waals surface area (Å²) in [5.41, 5.74) is 7.04. The number of aromatic carboxylic acids is 1. The van der Waals surface area contributed by atoms with Gasteiger partial charge < -0.3 is 25.6 Å². The number of pyridine rings is 1. The molecule has 182 valence electrons. The third-order valence-corrected chi connectivity index (χ3v) is 7.32. The number of nitrogens with one attached hydrogen (secondary N) is 1. The van der Waals surface area contributed by atoms with Crippen molar-refractivity contribution in [3.63, 3.8) is 0 Å². The Kier molecular flexibility index (Phi) is 5.14. The van der Waals surface area contributed by atoms with Gasteiger partial charge in [0.05, 0.1) is 16.5 Å². The first-order valence-corrected chi connectivity index (χ1v) is 12.1. The minimum Gasteiger partial charge on any atom is -0.478 e. The normalized spacial score (nSPS) is 20.5. The Labute approximate surface area is 212 Å². The molecular formula is C24H20BrN7O4. The zero-order chi connectivity index (χ0) is 25.1. The summed E-state index contributed by atoms with van der Waals surface area (Å²) < 4.78 is 2.24. The van der Waals surface area contributed by atoms with E-state index in [0.717, 1.165) is 6.42 Å². The van der Waals surface area contributed by atoms with Crippen LogP contribution in [0.5, 0.6) is 0 Å². The number of fused-ring (bicyclic) bond motifs is 4. The number of benzene rings is 1. The standard InChI is InChI=1S/C24H20BrN7O4/c25-16-5-2-6-17(29-16)30-23(34)15-8-11-7-14(11)32(15)18(33)9-31-13-4-1-3-12(24(35)36)19(13)20-21(26)27-10-28-22(20)31/h1-6,10-11,14-15H,7-9H2,(H,35,36)(H2,26,27,28)(H,29,30,34)/t11-,14-,15+/m1/s1. The number of piperidine rings is 1. The van der Waals surface area contributed by atoms with Gasteiger partial charge in [0.2, 0.25) is 11.8 Å². The van der Waals surface area contributed by atoms with Crippen molar-refractivity contribution in [3.05, 3.63) is 52.9 Å². The number of likely N-dealkylation sites (tertiary alicyclic amines) is 1. The Hall–Kier alpha value is -4.06. The van der Waals surface area contributed by atoms with Crippen LogP contribution in [0.25, 0.3) is 21.9 Å². The first-order valence-electron chi connectivity index (χ1n) is 11.3. The molecule has 1 saturated carbocycles. The number of nitrogen functional groups attached to an aromatic ring is 1. The maximum Gasteiger partial charge on any atom is 0.336 e. The minimum absolute atomic E-state index is 0.00563. The molecule has 1 aliphatic carbocycles. The van der Waals surface area contributed by atoms with Crippen molar-refractivity contribution in [2.24, 2.45) is 5.92 Å². The SMILES string of the molecule is Nc1ncnc2c1c1c(C(=O)O)cccc1n2CC(=O)N1[C@@H]2C[C@@H]2C[C@H]1C(=O)Nc1cccc(Br)n1. The van der Waals surface area contributed by atoms with Gasteiger partial charge in [-0.2, -0.15) is 0 Å². The molecular weight excluding hydrogens is 530 g/mol. The lowest BCUT2D eigenvalue weighted by Gasteiger charge is -2.27. The van der Waals surface area contributed by atoms with Crippen LogP contribution in [0.4, 0.5) is 11.6 Å². The average molecular weight is 550 g/mol. The van der Waals surface area contributed by atoms with Gasteiger partial charge in [-0.1, -0.05) is 12.1 Å². The van der Waals surface area contributed by atoms with E-state index in [0.29, 0.717) is 38.8 Å². The molecule has 6 rings (SSSR count). The second-order valence-corrected chi connectivity index (χ2v) is 9.81. The van der Waals surface area contributed by atoms with E-state index in [1.165, 1.54) is 12.4 Å². The third kappa shape index (κ3) is 3.56. The van der Waals surface area contributed by atoms with Crippen LogP contribution in [-0.4, -0.2) is 59.4 Å². The lowest BCUT2D eigenvalue weighted by atomic mass is 10.1. The van der Waals surface area contributed by atoms with Gasteiger partial charge in [0.25, 0.3) is 0 Å². The summed E-state index contributed by atoms with van der Waals surface area (Å²) in [4.78, 5) is 53.0. The molecule has 4 aromatic rings. The van der Waals surface area contributed by atoms with E-state index in [2.05, 4.69) is 36.2 Å². The number of carbonyl (C=O) groups is 3. The molecule has 2 fully saturated rings. The molecule has 2 aliphatic rings. The zero-order valence-corrected chi connectivity index (χ0v) is 20.3. The summed E-state index contributed by atoms with van der Waals surface area (Å²) in [6.07, 6.45) is 2.73. The number of anilines is 2. The fourth-order valence-corrected chi connectivity index (χ4v) is 5.61. The number of carbonyl (C=O) groups excluding carboxylic acids is 2. The van der Waals surface area contributed by atoms with Crippen LogP contribution in [0.15, 0.2) is 47.3 Å². The number of hydrogen-bond acceptors (Lipinski definition) is 7. The number of hydrogen-bond donors (Lipinski definition) is 3. The van der Waals surface area contributed by atoms with E-state index in [4.69, 9.17) is 5.73 Å². The molecule has 0 bridgehead atoms. The number of halogens is 1.